The number of phenols is 1. The summed E-state index contributed by atoms with van der Waals surface area (Å²) in [4.78, 5) is 48.5. The van der Waals surface area contributed by atoms with Crippen LogP contribution >= 0.6 is 11.8 Å². The summed E-state index contributed by atoms with van der Waals surface area (Å²) < 4.78 is 24.0. The lowest BCUT2D eigenvalue weighted by Gasteiger charge is -2.16. The Hall–Kier alpha value is -5.97. The summed E-state index contributed by atoms with van der Waals surface area (Å²) >= 11 is 1.22. The maximum absolute atomic E-state index is 13.5. The van der Waals surface area contributed by atoms with E-state index in [1.165, 1.54) is 69.2 Å². The van der Waals surface area contributed by atoms with Crippen molar-refractivity contribution in [2.45, 2.75) is 108 Å². The molecule has 0 bridgehead atoms. The van der Waals surface area contributed by atoms with E-state index in [0.717, 1.165) is 25.7 Å². The summed E-state index contributed by atoms with van der Waals surface area (Å²) in [6.45, 7) is 4.37. The molecule has 5 rings (SSSR count). The number of methoxy groups -OCH3 is 1. The molecule has 2 N–H and O–H groups in total. The topological polar surface area (TPSA) is 211 Å². The van der Waals surface area contributed by atoms with Gasteiger partial charge in [-0.15, -0.1) is 10.2 Å². The molecule has 60 heavy (non-hydrogen) atoms. The smallest absolute Gasteiger partial charge is 0.315 e. The third kappa shape index (κ3) is 12.5. The van der Waals surface area contributed by atoms with Crippen LogP contribution in [-0.2, 0) is 37.7 Å². The van der Waals surface area contributed by atoms with Gasteiger partial charge in [0, 0.05) is 40.8 Å². The second-order valence-corrected chi connectivity index (χ2v) is 15.1. The number of non-ortho nitro benzene ring substituents is 1. The predicted molar refractivity (Wildman–Crippen MR) is 225 cm³/mol. The molecule has 0 fully saturated rings. The van der Waals surface area contributed by atoms with Gasteiger partial charge < -0.3 is 29.1 Å². The highest BCUT2D eigenvalue weighted by Crippen LogP contribution is 2.41. The maximum Gasteiger partial charge on any atom is 0.315 e. The number of hydrogen-bond acceptors (Lipinski definition) is 14. The molecule has 320 valence electrons. The van der Waals surface area contributed by atoms with E-state index in [1.807, 2.05) is 6.92 Å². The molecule has 0 atom stereocenters. The summed E-state index contributed by atoms with van der Waals surface area (Å²) in [5, 5.41) is 39.8. The van der Waals surface area contributed by atoms with Crippen molar-refractivity contribution in [1.29, 1.82) is 0 Å². The van der Waals surface area contributed by atoms with Gasteiger partial charge in [-0.25, -0.2) is 4.68 Å². The lowest BCUT2D eigenvalue weighted by atomic mass is 10.0. The largest absolute Gasteiger partial charge is 0.506 e. The highest BCUT2D eigenvalue weighted by molar-refractivity contribution is 7.98. The summed E-state index contributed by atoms with van der Waals surface area (Å²) in [5.74, 6) is -1.06. The number of benzene rings is 3. The molecule has 0 aliphatic heterocycles. The number of thioether (sulfide) groups is 1. The second kappa shape index (κ2) is 23.0. The fourth-order valence-electron chi connectivity index (χ4n) is 6.48. The van der Waals surface area contributed by atoms with Crippen molar-refractivity contribution in [3.05, 3.63) is 87.4 Å². The minimum absolute atomic E-state index is 0.0260. The number of nitrogens with one attached hydrogen (secondary N) is 1. The summed E-state index contributed by atoms with van der Waals surface area (Å²) in [6.07, 6.45) is 11.2. The zero-order valence-electron chi connectivity index (χ0n) is 34.3. The number of phenolic OH excluding ortho intramolecular Hbond substituents is 1. The number of unbranched alkanes of at least 4 members (excludes halogenated alkanes) is 8. The maximum atomic E-state index is 13.5. The van der Waals surface area contributed by atoms with E-state index in [0.29, 0.717) is 40.6 Å². The monoisotopic (exact) mass is 844 g/mol. The van der Waals surface area contributed by atoms with Gasteiger partial charge >= 0.3 is 11.9 Å². The molecule has 17 heteroatoms. The molecule has 0 spiro atoms. The van der Waals surface area contributed by atoms with Gasteiger partial charge in [-0.3, -0.25) is 24.5 Å². The molecule has 5 aromatic rings. The van der Waals surface area contributed by atoms with Crippen LogP contribution in [0.5, 0.6) is 17.4 Å². The second-order valence-electron chi connectivity index (χ2n) is 14.1. The van der Waals surface area contributed by atoms with Crippen LogP contribution in [0.3, 0.4) is 0 Å². The van der Waals surface area contributed by atoms with E-state index in [9.17, 15) is 29.6 Å². The highest BCUT2D eigenvalue weighted by atomic mass is 32.2. The van der Waals surface area contributed by atoms with Gasteiger partial charge in [-0.1, -0.05) is 101 Å². The fraction of sp³-hybridized carbons (Fsp3) is 0.442. The van der Waals surface area contributed by atoms with Gasteiger partial charge in [-0.2, -0.15) is 5.10 Å². The molecule has 16 nitrogen and oxygen atoms in total. The Morgan fingerprint density at radius 1 is 0.917 bits per heavy atom. The minimum atomic E-state index is -0.636. The number of aromatic nitrogens is 4. The molecule has 0 saturated heterocycles. The number of carbonyl (C=O) groups is 3. The standard InChI is InChI=1S/C43H52N6O10S/c1-4-6-7-8-9-10-11-12-13-18-35-34(28-60-43-46-45-37(59-43)27-39(51)57-25-5-2)42(48(47-35)29-19-21-30(22-20-29)49(54)55)58-36-26-33(41(53)44-24-23-38(50)56-3)40(52)32-17-15-14-16-31(32)36/h14-17,19-22,26,52H,4-13,18,23-25,27-28H2,1-3H3,(H,44,53). The quantitative estimate of drug-likeness (QED) is 0.0185. The Labute approximate surface area is 352 Å². The molecule has 0 aliphatic carbocycles. The van der Waals surface area contributed by atoms with Crippen molar-refractivity contribution in [1.82, 2.24) is 25.3 Å². The molecule has 0 aliphatic rings. The van der Waals surface area contributed by atoms with Crippen molar-refractivity contribution >= 4 is 46.1 Å². The first-order chi connectivity index (χ1) is 29.1. The summed E-state index contributed by atoms with van der Waals surface area (Å²) in [5.41, 5.74) is 1.68. The molecule has 2 aromatic heterocycles. The first-order valence-corrected chi connectivity index (χ1v) is 21.4. The minimum Gasteiger partial charge on any atom is -0.506 e. The lowest BCUT2D eigenvalue weighted by Crippen LogP contribution is -2.26. The first-order valence-electron chi connectivity index (χ1n) is 20.4. The third-order valence-electron chi connectivity index (χ3n) is 9.66. The summed E-state index contributed by atoms with van der Waals surface area (Å²) in [6, 6.07) is 14.3. The molecule has 0 radical (unpaired) electrons. The van der Waals surface area contributed by atoms with Gasteiger partial charge in [0.2, 0.25) is 11.8 Å². The summed E-state index contributed by atoms with van der Waals surface area (Å²) in [7, 11) is 1.26. The number of amides is 1. The number of ether oxygens (including phenoxy) is 3. The number of nitro benzene ring substituents is 1. The Morgan fingerprint density at radius 2 is 1.62 bits per heavy atom. The SMILES string of the molecule is CCCCCCCCCCCc1nn(-c2ccc([N+](=O)[O-])cc2)c(Oc2cc(C(=O)NCCC(=O)OC)c(O)c3ccccc23)c1CSc1nnc(CC(=O)OCCC)o1. The molecular formula is C43H52N6O10S. The van der Waals surface area contributed by atoms with Crippen LogP contribution in [-0.4, -0.2) is 68.1 Å². The molecule has 0 unspecified atom stereocenters. The number of aryl methyl sites for hydroxylation is 1. The van der Waals surface area contributed by atoms with Crippen LogP contribution < -0.4 is 10.1 Å². The van der Waals surface area contributed by atoms with Gasteiger partial charge in [0.15, 0.2) is 0 Å². The van der Waals surface area contributed by atoms with Crippen LogP contribution in [0.4, 0.5) is 5.69 Å². The van der Waals surface area contributed by atoms with E-state index in [1.54, 1.807) is 41.1 Å². The lowest BCUT2D eigenvalue weighted by molar-refractivity contribution is -0.384. The van der Waals surface area contributed by atoms with E-state index in [4.69, 9.17) is 19.0 Å². The molecule has 0 saturated carbocycles. The zero-order chi connectivity index (χ0) is 42.9. The van der Waals surface area contributed by atoms with Crippen LogP contribution in [0.2, 0.25) is 0 Å². The Kier molecular flexibility index (Phi) is 17.3. The normalized spacial score (nSPS) is 11.1. The molecule has 3 aromatic carbocycles. The van der Waals surface area contributed by atoms with E-state index in [2.05, 4.69) is 27.2 Å². The number of nitro groups is 1. The van der Waals surface area contributed by atoms with Crippen LogP contribution in [0.15, 0.2) is 64.2 Å². The van der Waals surface area contributed by atoms with Crippen LogP contribution in [0.1, 0.15) is 112 Å². The van der Waals surface area contributed by atoms with Crippen LogP contribution in [0, 0.1) is 10.1 Å². The van der Waals surface area contributed by atoms with Gasteiger partial charge in [0.05, 0.1) is 42.0 Å². The van der Waals surface area contributed by atoms with Crippen molar-refractivity contribution in [3.8, 4) is 23.1 Å². The fourth-order valence-corrected chi connectivity index (χ4v) is 7.29. The number of fused-ring (bicyclic) bond motifs is 1. The van der Waals surface area contributed by atoms with Crippen molar-refractivity contribution in [2.24, 2.45) is 0 Å². The Balaban J connectivity index is 1.54. The number of esters is 2. The van der Waals surface area contributed by atoms with Crippen molar-refractivity contribution in [2.75, 3.05) is 20.3 Å². The van der Waals surface area contributed by atoms with E-state index in [-0.39, 0.29) is 71.5 Å². The van der Waals surface area contributed by atoms with Crippen molar-refractivity contribution in [3.63, 3.8) is 0 Å². The number of hydrogen-bond donors (Lipinski definition) is 2. The molecule has 1 amide bonds. The highest BCUT2D eigenvalue weighted by Gasteiger charge is 2.26. The number of aromatic hydroxyl groups is 1. The number of rotatable bonds is 25. The van der Waals surface area contributed by atoms with Gasteiger partial charge in [0.1, 0.15) is 17.9 Å². The van der Waals surface area contributed by atoms with E-state index < -0.39 is 22.8 Å². The molecule has 2 heterocycles. The van der Waals surface area contributed by atoms with Crippen molar-refractivity contribution < 1.29 is 43.0 Å². The average molecular weight is 845 g/mol. The van der Waals surface area contributed by atoms with Gasteiger partial charge in [0.25, 0.3) is 16.8 Å². The Bertz CT molecular complexity index is 2220. The van der Waals surface area contributed by atoms with Gasteiger partial charge in [-0.05, 0) is 37.5 Å². The Morgan fingerprint density at radius 3 is 2.30 bits per heavy atom. The average Bonchev–Trinajstić information content (AvgIpc) is 3.85. The first kappa shape index (κ1) is 45.1. The zero-order valence-corrected chi connectivity index (χ0v) is 35.1. The molecular weight excluding hydrogens is 793 g/mol. The van der Waals surface area contributed by atoms with E-state index >= 15 is 0 Å². The number of nitrogens with zero attached hydrogens (tertiary/aromatic N) is 5. The third-order valence-corrected chi connectivity index (χ3v) is 10.5. The van der Waals surface area contributed by atoms with Crippen LogP contribution in [0.25, 0.3) is 16.5 Å². The predicted octanol–water partition coefficient (Wildman–Crippen LogP) is 8.97. The number of carbonyl (C=O) groups excluding carboxylic acids is 3.